The molecule has 1 saturated heterocycles. The summed E-state index contributed by atoms with van der Waals surface area (Å²) in [5.41, 5.74) is 1.23. The maximum absolute atomic E-state index is 5.39. The van der Waals surface area contributed by atoms with Gasteiger partial charge in [-0.15, -0.1) is 0 Å². The number of rotatable bonds is 5. The van der Waals surface area contributed by atoms with Crippen molar-refractivity contribution in [3.8, 4) is 11.5 Å². The van der Waals surface area contributed by atoms with Crippen LogP contribution in [0.3, 0.4) is 0 Å². The van der Waals surface area contributed by atoms with Gasteiger partial charge >= 0.3 is 0 Å². The van der Waals surface area contributed by atoms with Crippen LogP contribution in [0.1, 0.15) is 18.5 Å². The average molecular weight is 313 g/mol. The Morgan fingerprint density at radius 1 is 1.10 bits per heavy atom. The van der Waals surface area contributed by atoms with Crippen molar-refractivity contribution >= 4 is 23.5 Å². The van der Waals surface area contributed by atoms with E-state index in [0.29, 0.717) is 16.5 Å². The summed E-state index contributed by atoms with van der Waals surface area (Å²) in [5.74, 6) is 4.17. The summed E-state index contributed by atoms with van der Waals surface area (Å²) < 4.78 is 10.8. The van der Waals surface area contributed by atoms with E-state index >= 15 is 0 Å². The topological polar surface area (TPSA) is 30.5 Å². The normalized spacial score (nSPS) is 24.2. The lowest BCUT2D eigenvalue weighted by Crippen LogP contribution is -2.36. The highest BCUT2D eigenvalue weighted by Crippen LogP contribution is 2.40. The van der Waals surface area contributed by atoms with Crippen molar-refractivity contribution in [3.05, 3.63) is 23.8 Å². The standard InChI is InChI=1S/C15H23NO2S2/c1-10-15(20-6-5-19-10)14(16-2)11-7-12(17-3)9-13(8-11)18-4/h7-10,14-16H,5-6H2,1-4H3. The monoisotopic (exact) mass is 313 g/mol. The van der Waals surface area contributed by atoms with Gasteiger partial charge in [0.1, 0.15) is 11.5 Å². The minimum absolute atomic E-state index is 0.312. The molecule has 3 nitrogen and oxygen atoms in total. The first kappa shape index (κ1) is 15.9. The van der Waals surface area contributed by atoms with Crippen molar-refractivity contribution in [1.29, 1.82) is 0 Å². The Morgan fingerprint density at radius 2 is 1.70 bits per heavy atom. The van der Waals surface area contributed by atoms with Gasteiger partial charge in [-0.1, -0.05) is 6.92 Å². The highest BCUT2D eigenvalue weighted by Gasteiger charge is 2.31. The molecule has 0 radical (unpaired) electrons. The van der Waals surface area contributed by atoms with E-state index in [9.17, 15) is 0 Å². The molecule has 1 aliphatic rings. The fourth-order valence-electron chi connectivity index (χ4n) is 2.55. The minimum Gasteiger partial charge on any atom is -0.497 e. The molecule has 0 bridgehead atoms. The van der Waals surface area contributed by atoms with Crippen molar-refractivity contribution < 1.29 is 9.47 Å². The third-order valence-electron chi connectivity index (χ3n) is 3.61. The van der Waals surface area contributed by atoms with Gasteiger partial charge in [-0.25, -0.2) is 0 Å². The molecule has 0 aromatic heterocycles. The quantitative estimate of drug-likeness (QED) is 0.902. The number of methoxy groups -OCH3 is 2. The zero-order valence-corrected chi connectivity index (χ0v) is 14.1. The maximum Gasteiger partial charge on any atom is 0.122 e. The highest BCUT2D eigenvalue weighted by atomic mass is 32.2. The predicted octanol–water partition coefficient (Wildman–Crippen LogP) is 3.20. The molecule has 1 fully saturated rings. The summed E-state index contributed by atoms with van der Waals surface area (Å²) in [6.45, 7) is 2.32. The molecule has 1 aliphatic heterocycles. The van der Waals surface area contributed by atoms with Crippen molar-refractivity contribution in [3.63, 3.8) is 0 Å². The number of hydrogen-bond acceptors (Lipinski definition) is 5. The van der Waals surface area contributed by atoms with Crippen molar-refractivity contribution in [1.82, 2.24) is 5.32 Å². The summed E-state index contributed by atoms with van der Waals surface area (Å²) in [6, 6.07) is 6.45. The Balaban J connectivity index is 2.30. The van der Waals surface area contributed by atoms with Crippen molar-refractivity contribution in [2.24, 2.45) is 0 Å². The number of nitrogens with one attached hydrogen (secondary N) is 1. The molecule has 3 unspecified atom stereocenters. The zero-order valence-electron chi connectivity index (χ0n) is 12.5. The van der Waals surface area contributed by atoms with E-state index in [1.165, 1.54) is 17.1 Å². The molecular weight excluding hydrogens is 290 g/mol. The van der Waals surface area contributed by atoms with E-state index in [-0.39, 0.29) is 0 Å². The Kier molecular flexibility index (Phi) is 5.93. The third-order valence-corrected chi connectivity index (χ3v) is 6.80. The fourth-order valence-corrected chi connectivity index (χ4v) is 5.53. The number of thioether (sulfide) groups is 2. The van der Waals surface area contributed by atoms with E-state index in [1.807, 2.05) is 13.1 Å². The molecule has 1 aromatic rings. The van der Waals surface area contributed by atoms with Crippen LogP contribution < -0.4 is 14.8 Å². The highest BCUT2D eigenvalue weighted by molar-refractivity contribution is 8.07. The van der Waals surface area contributed by atoms with E-state index in [0.717, 1.165) is 11.5 Å². The Bertz CT molecular complexity index is 420. The van der Waals surface area contributed by atoms with Crippen LogP contribution in [-0.4, -0.2) is 43.3 Å². The van der Waals surface area contributed by atoms with Gasteiger partial charge in [-0.3, -0.25) is 0 Å². The lowest BCUT2D eigenvalue weighted by molar-refractivity contribution is 0.391. The molecule has 0 amide bonds. The maximum atomic E-state index is 5.39. The van der Waals surface area contributed by atoms with Gasteiger partial charge in [0.15, 0.2) is 0 Å². The molecule has 5 heteroatoms. The minimum atomic E-state index is 0.312. The summed E-state index contributed by atoms with van der Waals surface area (Å²) in [7, 11) is 5.42. The van der Waals surface area contributed by atoms with Crippen LogP contribution in [0.5, 0.6) is 11.5 Å². The summed E-state index contributed by atoms with van der Waals surface area (Å²) in [4.78, 5) is 0. The first-order valence-electron chi connectivity index (χ1n) is 6.83. The molecule has 0 saturated carbocycles. The molecule has 0 spiro atoms. The molecule has 20 heavy (non-hydrogen) atoms. The van der Waals surface area contributed by atoms with Crippen LogP contribution in [0.2, 0.25) is 0 Å². The first-order valence-corrected chi connectivity index (χ1v) is 8.92. The molecule has 1 heterocycles. The molecule has 112 valence electrons. The van der Waals surface area contributed by atoms with Crippen LogP contribution in [0.4, 0.5) is 0 Å². The predicted molar refractivity (Wildman–Crippen MR) is 89.5 cm³/mol. The third kappa shape index (κ3) is 3.57. The van der Waals surface area contributed by atoms with Crippen molar-refractivity contribution in [2.75, 3.05) is 32.8 Å². The largest absolute Gasteiger partial charge is 0.497 e. The van der Waals surface area contributed by atoms with Crippen LogP contribution in [0.15, 0.2) is 18.2 Å². The lowest BCUT2D eigenvalue weighted by atomic mass is 10.0. The second-order valence-electron chi connectivity index (χ2n) is 4.82. The number of hydrogen-bond donors (Lipinski definition) is 1. The van der Waals surface area contributed by atoms with Gasteiger partial charge in [0, 0.05) is 34.1 Å². The molecular formula is C15H23NO2S2. The van der Waals surface area contributed by atoms with Crippen LogP contribution in [-0.2, 0) is 0 Å². The molecule has 2 rings (SSSR count). The van der Waals surface area contributed by atoms with Gasteiger partial charge in [-0.2, -0.15) is 23.5 Å². The number of benzene rings is 1. The van der Waals surface area contributed by atoms with Crippen LogP contribution in [0.25, 0.3) is 0 Å². The number of ether oxygens (including phenoxy) is 2. The summed E-state index contributed by atoms with van der Waals surface area (Å²) >= 11 is 4.12. The van der Waals surface area contributed by atoms with E-state index in [4.69, 9.17) is 9.47 Å². The second-order valence-corrected chi connectivity index (χ2v) is 7.59. The van der Waals surface area contributed by atoms with Gasteiger partial charge in [0.2, 0.25) is 0 Å². The first-order chi connectivity index (χ1) is 9.69. The molecule has 1 N–H and O–H groups in total. The Labute approximate surface area is 130 Å². The van der Waals surface area contributed by atoms with E-state index < -0.39 is 0 Å². The average Bonchev–Trinajstić information content (AvgIpc) is 2.49. The molecule has 0 aliphatic carbocycles. The van der Waals surface area contributed by atoms with Gasteiger partial charge in [-0.05, 0) is 24.7 Å². The van der Waals surface area contributed by atoms with Crippen LogP contribution in [0, 0.1) is 0 Å². The summed E-state index contributed by atoms with van der Waals surface area (Å²) in [6.07, 6.45) is 0. The Hall–Kier alpha value is -0.520. The smallest absolute Gasteiger partial charge is 0.122 e. The van der Waals surface area contributed by atoms with Gasteiger partial charge < -0.3 is 14.8 Å². The van der Waals surface area contributed by atoms with Gasteiger partial charge in [0.25, 0.3) is 0 Å². The van der Waals surface area contributed by atoms with E-state index in [1.54, 1.807) is 14.2 Å². The molecule has 3 atom stereocenters. The lowest BCUT2D eigenvalue weighted by Gasteiger charge is -2.34. The Morgan fingerprint density at radius 3 is 2.20 bits per heavy atom. The van der Waals surface area contributed by atoms with Crippen LogP contribution >= 0.6 is 23.5 Å². The zero-order chi connectivity index (χ0) is 14.5. The van der Waals surface area contributed by atoms with Crippen molar-refractivity contribution in [2.45, 2.75) is 23.5 Å². The van der Waals surface area contributed by atoms with E-state index in [2.05, 4.69) is 47.9 Å². The summed E-state index contributed by atoms with van der Waals surface area (Å²) in [5, 5.41) is 4.68. The van der Waals surface area contributed by atoms with Gasteiger partial charge in [0.05, 0.1) is 14.2 Å². The SMILES string of the molecule is CNC(c1cc(OC)cc(OC)c1)C1SCCSC1C. The fraction of sp³-hybridized carbons (Fsp3) is 0.600. The molecule has 1 aromatic carbocycles. The second kappa shape index (κ2) is 7.48.